The largest absolute Gasteiger partial charge is 0.393 e. The molecule has 2 heteroatoms. The highest BCUT2D eigenvalue weighted by atomic mass is 16.5. The molecule has 3 atom stereocenters. The zero-order valence-electron chi connectivity index (χ0n) is 10.5. The molecule has 0 aliphatic heterocycles. The lowest BCUT2D eigenvalue weighted by molar-refractivity contribution is 0.0720. The van der Waals surface area contributed by atoms with Crippen molar-refractivity contribution in [3.05, 3.63) is 35.9 Å². The fourth-order valence-corrected chi connectivity index (χ4v) is 2.95. The first kappa shape index (κ1) is 12.6. The Morgan fingerprint density at radius 3 is 2.71 bits per heavy atom. The van der Waals surface area contributed by atoms with Gasteiger partial charge >= 0.3 is 0 Å². The summed E-state index contributed by atoms with van der Waals surface area (Å²) in [4.78, 5) is 0. The molecule has 0 unspecified atom stereocenters. The van der Waals surface area contributed by atoms with Gasteiger partial charge < -0.3 is 9.84 Å². The highest BCUT2D eigenvalue weighted by molar-refractivity contribution is 5.20. The summed E-state index contributed by atoms with van der Waals surface area (Å²) in [6.45, 7) is 0.751. The molecule has 0 bridgehead atoms. The van der Waals surface area contributed by atoms with Crippen molar-refractivity contribution in [2.45, 2.75) is 37.7 Å². The average molecular weight is 234 g/mol. The maximum absolute atomic E-state index is 9.80. The van der Waals surface area contributed by atoms with Crippen LogP contribution in [0, 0.1) is 5.92 Å². The van der Waals surface area contributed by atoms with E-state index in [9.17, 15) is 5.11 Å². The minimum atomic E-state index is -0.114. The van der Waals surface area contributed by atoms with Gasteiger partial charge in [0.25, 0.3) is 0 Å². The molecule has 17 heavy (non-hydrogen) atoms. The molecule has 2 rings (SSSR count). The van der Waals surface area contributed by atoms with Crippen molar-refractivity contribution in [2.24, 2.45) is 5.92 Å². The van der Waals surface area contributed by atoms with Crippen LogP contribution in [0.5, 0.6) is 0 Å². The molecule has 1 saturated carbocycles. The van der Waals surface area contributed by atoms with Gasteiger partial charge in [0.2, 0.25) is 0 Å². The summed E-state index contributed by atoms with van der Waals surface area (Å²) >= 11 is 0. The highest BCUT2D eigenvalue weighted by Gasteiger charge is 2.28. The SMILES string of the molecule is COC[C@H](c1ccccc1)[C@H]1CCC[C@H](O)C1. The van der Waals surface area contributed by atoms with Gasteiger partial charge in [0.1, 0.15) is 0 Å². The van der Waals surface area contributed by atoms with Crippen LogP contribution in [-0.2, 0) is 4.74 Å². The van der Waals surface area contributed by atoms with Crippen LogP contribution in [-0.4, -0.2) is 24.9 Å². The molecule has 1 aromatic rings. The molecule has 0 heterocycles. The van der Waals surface area contributed by atoms with Gasteiger partial charge in [-0.05, 0) is 30.7 Å². The van der Waals surface area contributed by atoms with Crippen molar-refractivity contribution in [3.63, 3.8) is 0 Å². The van der Waals surface area contributed by atoms with Crippen LogP contribution in [0.3, 0.4) is 0 Å². The molecule has 1 fully saturated rings. The Hall–Kier alpha value is -0.860. The molecule has 1 N–H and O–H groups in total. The summed E-state index contributed by atoms with van der Waals surface area (Å²) < 4.78 is 5.37. The van der Waals surface area contributed by atoms with E-state index in [1.165, 1.54) is 12.0 Å². The number of ether oxygens (including phenoxy) is 1. The Morgan fingerprint density at radius 1 is 1.29 bits per heavy atom. The smallest absolute Gasteiger partial charge is 0.0543 e. The quantitative estimate of drug-likeness (QED) is 0.868. The number of hydrogen-bond acceptors (Lipinski definition) is 2. The van der Waals surface area contributed by atoms with Crippen LogP contribution >= 0.6 is 0 Å². The summed E-state index contributed by atoms with van der Waals surface area (Å²) in [5, 5.41) is 9.80. The van der Waals surface area contributed by atoms with E-state index in [1.807, 2.05) is 6.07 Å². The van der Waals surface area contributed by atoms with Crippen LogP contribution in [0.2, 0.25) is 0 Å². The van der Waals surface area contributed by atoms with Gasteiger partial charge in [0.05, 0.1) is 12.7 Å². The number of methoxy groups -OCH3 is 1. The minimum Gasteiger partial charge on any atom is -0.393 e. The summed E-state index contributed by atoms with van der Waals surface area (Å²) in [6, 6.07) is 10.5. The molecule has 0 radical (unpaired) electrons. The van der Waals surface area contributed by atoms with E-state index in [0.717, 1.165) is 25.9 Å². The zero-order valence-corrected chi connectivity index (χ0v) is 10.5. The third-order valence-corrected chi connectivity index (χ3v) is 3.83. The van der Waals surface area contributed by atoms with Crippen LogP contribution in [0.15, 0.2) is 30.3 Å². The Bertz CT molecular complexity index is 323. The van der Waals surface area contributed by atoms with Gasteiger partial charge in [-0.1, -0.05) is 36.8 Å². The third kappa shape index (κ3) is 3.30. The van der Waals surface area contributed by atoms with E-state index in [1.54, 1.807) is 7.11 Å². The van der Waals surface area contributed by atoms with Crippen molar-refractivity contribution in [2.75, 3.05) is 13.7 Å². The molecule has 2 nitrogen and oxygen atoms in total. The Balaban J connectivity index is 2.11. The van der Waals surface area contributed by atoms with Gasteiger partial charge in [-0.15, -0.1) is 0 Å². The first-order chi connectivity index (χ1) is 8.31. The molecule has 1 aromatic carbocycles. The lowest BCUT2D eigenvalue weighted by Gasteiger charge is -2.32. The molecule has 1 aliphatic rings. The second-order valence-corrected chi connectivity index (χ2v) is 5.05. The molecule has 0 aromatic heterocycles. The molecule has 0 spiro atoms. The molecule has 0 amide bonds. The zero-order chi connectivity index (χ0) is 12.1. The van der Waals surface area contributed by atoms with Gasteiger partial charge in [0.15, 0.2) is 0 Å². The van der Waals surface area contributed by atoms with Gasteiger partial charge in [-0.25, -0.2) is 0 Å². The number of benzene rings is 1. The summed E-state index contributed by atoms with van der Waals surface area (Å²) in [5.41, 5.74) is 1.34. The van der Waals surface area contributed by atoms with Crippen molar-refractivity contribution in [3.8, 4) is 0 Å². The predicted molar refractivity (Wildman–Crippen MR) is 69.0 cm³/mol. The lowest BCUT2D eigenvalue weighted by Crippen LogP contribution is -2.26. The number of aliphatic hydroxyl groups excluding tert-OH is 1. The maximum Gasteiger partial charge on any atom is 0.0543 e. The molecule has 94 valence electrons. The van der Waals surface area contributed by atoms with E-state index in [-0.39, 0.29) is 6.10 Å². The van der Waals surface area contributed by atoms with Crippen molar-refractivity contribution in [1.29, 1.82) is 0 Å². The fourth-order valence-electron chi connectivity index (χ4n) is 2.95. The first-order valence-corrected chi connectivity index (χ1v) is 6.53. The second-order valence-electron chi connectivity index (χ2n) is 5.05. The van der Waals surface area contributed by atoms with Gasteiger partial charge in [-0.3, -0.25) is 0 Å². The Kier molecular flexibility index (Phi) is 4.57. The standard InChI is InChI=1S/C15H22O2/c1-17-11-15(12-6-3-2-4-7-12)13-8-5-9-14(16)10-13/h2-4,6-7,13-16H,5,8-11H2,1H3/t13-,14-,15+/m0/s1. The maximum atomic E-state index is 9.80. The lowest BCUT2D eigenvalue weighted by atomic mass is 9.76. The third-order valence-electron chi connectivity index (χ3n) is 3.83. The van der Waals surface area contributed by atoms with Crippen molar-refractivity contribution >= 4 is 0 Å². The van der Waals surface area contributed by atoms with Crippen molar-refractivity contribution < 1.29 is 9.84 Å². The van der Waals surface area contributed by atoms with Crippen LogP contribution in [0.1, 0.15) is 37.2 Å². The number of rotatable bonds is 4. The average Bonchev–Trinajstić information content (AvgIpc) is 2.37. The van der Waals surface area contributed by atoms with Crippen molar-refractivity contribution in [1.82, 2.24) is 0 Å². The summed E-state index contributed by atoms with van der Waals surface area (Å²) in [7, 11) is 1.76. The molecular formula is C15H22O2. The van der Waals surface area contributed by atoms with E-state index in [0.29, 0.717) is 11.8 Å². The number of aliphatic hydroxyl groups is 1. The van der Waals surface area contributed by atoms with Crippen LogP contribution < -0.4 is 0 Å². The minimum absolute atomic E-state index is 0.114. The van der Waals surface area contributed by atoms with E-state index in [2.05, 4.69) is 24.3 Å². The monoisotopic (exact) mass is 234 g/mol. The van der Waals surface area contributed by atoms with Gasteiger partial charge in [-0.2, -0.15) is 0 Å². The van der Waals surface area contributed by atoms with E-state index >= 15 is 0 Å². The normalized spacial score (nSPS) is 26.7. The highest BCUT2D eigenvalue weighted by Crippen LogP contribution is 2.36. The molecule has 1 aliphatic carbocycles. The van der Waals surface area contributed by atoms with Gasteiger partial charge in [0, 0.05) is 13.0 Å². The summed E-state index contributed by atoms with van der Waals surface area (Å²) in [6.07, 6.45) is 4.11. The fraction of sp³-hybridized carbons (Fsp3) is 0.600. The molecular weight excluding hydrogens is 212 g/mol. The second kappa shape index (κ2) is 6.18. The first-order valence-electron chi connectivity index (χ1n) is 6.53. The summed E-state index contributed by atoms with van der Waals surface area (Å²) in [5.74, 6) is 0.984. The topological polar surface area (TPSA) is 29.5 Å². The predicted octanol–water partition coefficient (Wildman–Crippen LogP) is 2.97. The Labute approximate surface area is 104 Å². The Morgan fingerprint density at radius 2 is 2.06 bits per heavy atom. The van der Waals surface area contributed by atoms with Crippen LogP contribution in [0.4, 0.5) is 0 Å². The molecule has 0 saturated heterocycles. The van der Waals surface area contributed by atoms with E-state index in [4.69, 9.17) is 4.74 Å². The van der Waals surface area contributed by atoms with Crippen LogP contribution in [0.25, 0.3) is 0 Å². The van der Waals surface area contributed by atoms with E-state index < -0.39 is 0 Å². The number of hydrogen-bond donors (Lipinski definition) is 1.